The van der Waals surface area contributed by atoms with Gasteiger partial charge in [-0.25, -0.2) is 4.98 Å². The van der Waals surface area contributed by atoms with Crippen LogP contribution in [-0.2, 0) is 16.1 Å². The minimum Gasteiger partial charge on any atom is -0.296 e. The van der Waals surface area contributed by atoms with Gasteiger partial charge in [0.15, 0.2) is 0 Å². The number of carbonyl (C=O) groups excluding carboxylic acids is 2. The van der Waals surface area contributed by atoms with E-state index >= 15 is 0 Å². The zero-order valence-electron chi connectivity index (χ0n) is 12.5. The number of pyridine rings is 1. The van der Waals surface area contributed by atoms with E-state index in [0.29, 0.717) is 24.5 Å². The minimum atomic E-state index is -0.536. The van der Waals surface area contributed by atoms with Crippen LogP contribution in [0.15, 0.2) is 30.3 Å². The van der Waals surface area contributed by atoms with Gasteiger partial charge in [-0.15, -0.1) is 0 Å². The Labute approximate surface area is 138 Å². The average molecular weight is 330 g/mol. The lowest BCUT2D eigenvalue weighted by atomic mass is 9.85. The summed E-state index contributed by atoms with van der Waals surface area (Å²) in [5, 5.41) is 4.08. The van der Waals surface area contributed by atoms with Crippen molar-refractivity contribution in [2.75, 3.05) is 13.1 Å². The van der Waals surface area contributed by atoms with Gasteiger partial charge < -0.3 is 0 Å². The standard InChI is InChI=1S/C17H16ClN3O2/c18-13-3-1-2-11-4-5-12(19-15(11)13)9-21-7-6-17(10-21)8-14(22)20-16(17)23/h1-5H,6-10H2,(H,20,22,23). The Morgan fingerprint density at radius 3 is 2.91 bits per heavy atom. The highest BCUT2D eigenvalue weighted by Gasteiger charge is 2.50. The summed E-state index contributed by atoms with van der Waals surface area (Å²) in [5.74, 6) is -0.285. The van der Waals surface area contributed by atoms with Crippen molar-refractivity contribution in [2.24, 2.45) is 5.41 Å². The first kappa shape index (κ1) is 14.6. The molecule has 23 heavy (non-hydrogen) atoms. The van der Waals surface area contributed by atoms with Crippen molar-refractivity contribution in [1.29, 1.82) is 0 Å². The van der Waals surface area contributed by atoms with Crippen LogP contribution in [0.2, 0.25) is 5.02 Å². The highest BCUT2D eigenvalue weighted by atomic mass is 35.5. The summed E-state index contributed by atoms with van der Waals surface area (Å²) in [6, 6.07) is 9.73. The van der Waals surface area contributed by atoms with Crippen LogP contribution >= 0.6 is 11.6 Å². The Bertz CT molecular complexity index is 823. The number of likely N-dealkylation sites (tertiary alicyclic amines) is 1. The molecule has 6 heteroatoms. The normalized spacial score (nSPS) is 24.7. The fourth-order valence-corrected chi connectivity index (χ4v) is 3.81. The fraction of sp³-hybridized carbons (Fsp3) is 0.353. The molecule has 4 rings (SSSR count). The largest absolute Gasteiger partial charge is 0.296 e. The van der Waals surface area contributed by atoms with Crippen LogP contribution in [0.5, 0.6) is 0 Å². The van der Waals surface area contributed by atoms with E-state index in [9.17, 15) is 9.59 Å². The molecule has 0 aliphatic carbocycles. The highest BCUT2D eigenvalue weighted by molar-refractivity contribution is 6.35. The first-order valence-corrected chi connectivity index (χ1v) is 8.04. The van der Waals surface area contributed by atoms with Crippen LogP contribution < -0.4 is 5.32 Å². The second kappa shape index (κ2) is 5.28. The van der Waals surface area contributed by atoms with Crippen molar-refractivity contribution < 1.29 is 9.59 Å². The van der Waals surface area contributed by atoms with Gasteiger partial charge in [-0.3, -0.25) is 19.8 Å². The smallest absolute Gasteiger partial charge is 0.234 e. The number of amides is 2. The first-order valence-electron chi connectivity index (χ1n) is 7.67. The number of hydrogen-bond donors (Lipinski definition) is 1. The molecule has 0 radical (unpaired) electrons. The van der Waals surface area contributed by atoms with E-state index in [0.717, 1.165) is 29.6 Å². The molecule has 2 amide bonds. The van der Waals surface area contributed by atoms with Crippen molar-refractivity contribution in [3.63, 3.8) is 0 Å². The van der Waals surface area contributed by atoms with Gasteiger partial charge in [0.05, 0.1) is 21.6 Å². The molecule has 2 aromatic rings. The Morgan fingerprint density at radius 2 is 2.13 bits per heavy atom. The molecule has 1 N–H and O–H groups in total. The summed E-state index contributed by atoms with van der Waals surface area (Å²) in [5.41, 5.74) is 1.19. The maximum atomic E-state index is 12.0. The summed E-state index contributed by atoms with van der Waals surface area (Å²) in [7, 11) is 0. The number of aromatic nitrogens is 1. The molecule has 3 heterocycles. The van der Waals surface area contributed by atoms with E-state index in [1.54, 1.807) is 0 Å². The Morgan fingerprint density at radius 1 is 1.26 bits per heavy atom. The molecule has 2 aliphatic rings. The number of halogens is 1. The quantitative estimate of drug-likeness (QED) is 0.857. The third-order valence-corrected chi connectivity index (χ3v) is 5.09. The van der Waals surface area contributed by atoms with E-state index in [2.05, 4.69) is 15.2 Å². The van der Waals surface area contributed by atoms with Crippen LogP contribution in [0.1, 0.15) is 18.5 Å². The van der Waals surface area contributed by atoms with Crippen LogP contribution in [-0.4, -0.2) is 34.8 Å². The van der Waals surface area contributed by atoms with Crippen LogP contribution in [0.25, 0.3) is 10.9 Å². The molecule has 0 bridgehead atoms. The van der Waals surface area contributed by atoms with E-state index in [-0.39, 0.29) is 11.8 Å². The third-order valence-electron chi connectivity index (χ3n) is 4.78. The predicted octanol–water partition coefficient (Wildman–Crippen LogP) is 2.13. The Hall–Kier alpha value is -1.98. The van der Waals surface area contributed by atoms with Gasteiger partial charge in [-0.2, -0.15) is 0 Å². The summed E-state index contributed by atoms with van der Waals surface area (Å²) in [6.07, 6.45) is 1.03. The second-order valence-corrected chi connectivity index (χ2v) is 6.82. The van der Waals surface area contributed by atoms with E-state index in [4.69, 9.17) is 11.6 Å². The fourth-order valence-electron chi connectivity index (χ4n) is 3.58. The minimum absolute atomic E-state index is 0.125. The van der Waals surface area contributed by atoms with Gasteiger partial charge in [0.2, 0.25) is 11.8 Å². The molecule has 2 saturated heterocycles. The van der Waals surface area contributed by atoms with Crippen molar-refractivity contribution in [1.82, 2.24) is 15.2 Å². The highest BCUT2D eigenvalue weighted by Crippen LogP contribution is 2.38. The molecule has 1 aromatic heterocycles. The molecular weight excluding hydrogens is 314 g/mol. The molecule has 1 atom stereocenters. The summed E-state index contributed by atoms with van der Waals surface area (Å²) in [6.45, 7) is 2.06. The number of para-hydroxylation sites is 1. The molecule has 2 fully saturated rings. The van der Waals surface area contributed by atoms with E-state index in [1.165, 1.54) is 0 Å². The summed E-state index contributed by atoms with van der Waals surface area (Å²) >= 11 is 6.21. The lowest BCUT2D eigenvalue weighted by molar-refractivity contribution is -0.128. The van der Waals surface area contributed by atoms with Crippen LogP contribution in [0, 0.1) is 5.41 Å². The average Bonchev–Trinajstić information content (AvgIpc) is 3.04. The monoisotopic (exact) mass is 329 g/mol. The van der Waals surface area contributed by atoms with Crippen LogP contribution in [0.3, 0.4) is 0 Å². The number of hydrogen-bond acceptors (Lipinski definition) is 4. The van der Waals surface area contributed by atoms with Crippen molar-refractivity contribution in [3.8, 4) is 0 Å². The maximum absolute atomic E-state index is 12.0. The molecule has 1 unspecified atom stereocenters. The van der Waals surface area contributed by atoms with Gasteiger partial charge in [0.25, 0.3) is 0 Å². The number of nitrogens with zero attached hydrogens (tertiary/aromatic N) is 2. The maximum Gasteiger partial charge on any atom is 0.234 e. The topological polar surface area (TPSA) is 62.3 Å². The number of benzene rings is 1. The number of carbonyl (C=O) groups is 2. The zero-order chi connectivity index (χ0) is 16.0. The molecule has 1 spiro atoms. The zero-order valence-corrected chi connectivity index (χ0v) is 13.3. The molecular formula is C17H16ClN3O2. The summed E-state index contributed by atoms with van der Waals surface area (Å²) < 4.78 is 0. The Kier molecular flexibility index (Phi) is 3.36. The van der Waals surface area contributed by atoms with Gasteiger partial charge >= 0.3 is 0 Å². The van der Waals surface area contributed by atoms with Gasteiger partial charge in [0.1, 0.15) is 0 Å². The van der Waals surface area contributed by atoms with Crippen molar-refractivity contribution in [2.45, 2.75) is 19.4 Å². The predicted molar refractivity (Wildman–Crippen MR) is 86.8 cm³/mol. The van der Waals surface area contributed by atoms with Gasteiger partial charge in [0, 0.05) is 24.9 Å². The summed E-state index contributed by atoms with van der Waals surface area (Å²) in [4.78, 5) is 30.4. The molecule has 0 saturated carbocycles. The third kappa shape index (κ3) is 2.50. The molecule has 5 nitrogen and oxygen atoms in total. The van der Waals surface area contributed by atoms with Gasteiger partial charge in [-0.05, 0) is 25.1 Å². The molecule has 2 aliphatic heterocycles. The lowest BCUT2D eigenvalue weighted by Gasteiger charge is -2.20. The Balaban J connectivity index is 1.54. The van der Waals surface area contributed by atoms with E-state index in [1.807, 2.05) is 30.3 Å². The number of nitrogens with one attached hydrogen (secondary N) is 1. The van der Waals surface area contributed by atoms with Gasteiger partial charge in [-0.1, -0.05) is 29.8 Å². The first-order chi connectivity index (χ1) is 11.1. The SMILES string of the molecule is O=C1CC2(CCN(Cc3ccc4cccc(Cl)c4n3)C2)C(=O)N1. The second-order valence-electron chi connectivity index (χ2n) is 6.41. The lowest BCUT2D eigenvalue weighted by Crippen LogP contribution is -2.34. The number of imide groups is 1. The number of fused-ring (bicyclic) bond motifs is 1. The van der Waals surface area contributed by atoms with Crippen molar-refractivity contribution in [3.05, 3.63) is 41.0 Å². The van der Waals surface area contributed by atoms with Crippen LogP contribution in [0.4, 0.5) is 0 Å². The molecule has 1 aromatic carbocycles. The number of rotatable bonds is 2. The van der Waals surface area contributed by atoms with E-state index < -0.39 is 5.41 Å². The molecule has 118 valence electrons. The van der Waals surface area contributed by atoms with Crippen molar-refractivity contribution >= 4 is 34.3 Å².